The third kappa shape index (κ3) is 6.20. The van der Waals surface area contributed by atoms with Gasteiger partial charge in [0, 0.05) is 36.0 Å². The van der Waals surface area contributed by atoms with Crippen LogP contribution in [0, 0.1) is 0 Å². The Bertz CT molecular complexity index is 2000. The van der Waals surface area contributed by atoms with Crippen LogP contribution in [0.1, 0.15) is 37.8 Å². The van der Waals surface area contributed by atoms with Gasteiger partial charge in [0.2, 0.25) is 10.0 Å². The van der Waals surface area contributed by atoms with Crippen LogP contribution in [-0.2, 0) is 14.8 Å². The minimum Gasteiger partial charge on any atom is -0.267 e. The van der Waals surface area contributed by atoms with Crippen LogP contribution in [0.5, 0.6) is 0 Å². The minimum atomic E-state index is -3.72. The fraction of sp³-hybridized carbons (Fsp3) is 0.162. The van der Waals surface area contributed by atoms with E-state index in [1.54, 1.807) is 29.0 Å². The Morgan fingerprint density at radius 3 is 1.96 bits per heavy atom. The standard InChI is InChI=1S/C37H35N5O3S/c1-3-23-40(24-4-2)46(44,45)33-22-14-17-29(25-33)35-30(27-41(38-35)31-18-10-6-11-19-31)26-34-36(28-15-8-5-9-16-28)39-42(37(34)43)32-20-12-7-13-21-32/h5-22,25-27H,3-4,23-24H2,1-2H3/b34-26-. The summed E-state index contributed by atoms with van der Waals surface area (Å²) in [5.41, 5.74) is 5.06. The molecule has 0 fully saturated rings. The number of amides is 1. The van der Waals surface area contributed by atoms with Crippen molar-refractivity contribution >= 4 is 33.4 Å². The van der Waals surface area contributed by atoms with Gasteiger partial charge >= 0.3 is 0 Å². The molecule has 1 aliphatic heterocycles. The van der Waals surface area contributed by atoms with Crippen molar-refractivity contribution in [1.82, 2.24) is 14.1 Å². The average molecular weight is 630 g/mol. The number of rotatable bonds is 11. The maximum atomic E-state index is 14.0. The molecule has 4 aromatic carbocycles. The van der Waals surface area contributed by atoms with Crippen LogP contribution in [0.25, 0.3) is 23.0 Å². The van der Waals surface area contributed by atoms with Gasteiger partial charge in [0.05, 0.1) is 21.8 Å². The van der Waals surface area contributed by atoms with Crippen LogP contribution in [0.3, 0.4) is 0 Å². The van der Waals surface area contributed by atoms with Gasteiger partial charge in [-0.3, -0.25) is 4.79 Å². The van der Waals surface area contributed by atoms with Crippen LogP contribution < -0.4 is 5.01 Å². The van der Waals surface area contributed by atoms with Gasteiger partial charge in [-0.05, 0) is 55.3 Å². The van der Waals surface area contributed by atoms with E-state index in [9.17, 15) is 13.2 Å². The first-order valence-corrected chi connectivity index (χ1v) is 16.9. The number of anilines is 1. The monoisotopic (exact) mass is 629 g/mol. The molecule has 9 heteroatoms. The molecule has 2 heterocycles. The zero-order valence-electron chi connectivity index (χ0n) is 25.8. The fourth-order valence-electron chi connectivity index (χ4n) is 5.49. The van der Waals surface area contributed by atoms with Crippen molar-refractivity contribution < 1.29 is 13.2 Å². The molecule has 1 aromatic heterocycles. The van der Waals surface area contributed by atoms with Crippen LogP contribution in [-0.4, -0.2) is 47.2 Å². The van der Waals surface area contributed by atoms with Crippen LogP contribution in [0.4, 0.5) is 5.69 Å². The van der Waals surface area contributed by atoms with E-state index in [4.69, 9.17) is 10.2 Å². The lowest BCUT2D eigenvalue weighted by Crippen LogP contribution is -2.32. The maximum Gasteiger partial charge on any atom is 0.281 e. The summed E-state index contributed by atoms with van der Waals surface area (Å²) in [5, 5.41) is 11.1. The fourth-order valence-corrected chi connectivity index (χ4v) is 7.16. The predicted octanol–water partition coefficient (Wildman–Crippen LogP) is 7.18. The minimum absolute atomic E-state index is 0.207. The SMILES string of the molecule is CCCN(CCC)S(=O)(=O)c1cccc(-c2nn(-c3ccccc3)cc2/C=C2\C(=O)N(c3ccccc3)N=C2c2ccccc2)c1. The molecule has 0 N–H and O–H groups in total. The van der Waals surface area contributed by atoms with Crippen molar-refractivity contribution in [2.24, 2.45) is 5.10 Å². The van der Waals surface area contributed by atoms with E-state index in [2.05, 4.69) is 0 Å². The van der Waals surface area contributed by atoms with Gasteiger partial charge in [-0.2, -0.15) is 19.5 Å². The second-order valence-electron chi connectivity index (χ2n) is 11.0. The van der Waals surface area contributed by atoms with Gasteiger partial charge in [0.25, 0.3) is 5.91 Å². The number of carbonyl (C=O) groups excluding carboxylic acids is 1. The van der Waals surface area contributed by atoms with E-state index in [1.807, 2.05) is 117 Å². The quantitative estimate of drug-likeness (QED) is 0.145. The highest BCUT2D eigenvalue weighted by Crippen LogP contribution is 2.32. The summed E-state index contributed by atoms with van der Waals surface area (Å²) in [7, 11) is -3.72. The van der Waals surface area contributed by atoms with Crippen molar-refractivity contribution in [2.45, 2.75) is 31.6 Å². The van der Waals surface area contributed by atoms with Crippen molar-refractivity contribution in [2.75, 3.05) is 18.1 Å². The number of hydrazone groups is 1. The first kappa shape index (κ1) is 30.9. The molecule has 232 valence electrons. The topological polar surface area (TPSA) is 87.9 Å². The molecule has 0 unspecified atom stereocenters. The first-order chi connectivity index (χ1) is 22.4. The highest BCUT2D eigenvalue weighted by Gasteiger charge is 2.33. The van der Waals surface area contributed by atoms with Gasteiger partial charge in [-0.1, -0.05) is 92.7 Å². The summed E-state index contributed by atoms with van der Waals surface area (Å²) < 4.78 is 30.7. The second-order valence-corrected chi connectivity index (χ2v) is 12.9. The molecule has 0 spiro atoms. The summed E-state index contributed by atoms with van der Waals surface area (Å²) in [6.45, 7) is 4.84. The second kappa shape index (κ2) is 13.5. The Morgan fingerprint density at radius 1 is 0.739 bits per heavy atom. The van der Waals surface area contributed by atoms with Crippen molar-refractivity contribution in [3.63, 3.8) is 0 Å². The number of hydrogen-bond donors (Lipinski definition) is 0. The molecule has 0 aliphatic carbocycles. The van der Waals surface area contributed by atoms with E-state index in [0.717, 1.165) is 24.1 Å². The van der Waals surface area contributed by atoms with E-state index in [1.165, 1.54) is 9.31 Å². The Balaban J connectivity index is 1.51. The summed E-state index contributed by atoms with van der Waals surface area (Å²) in [6, 6.07) is 35.5. The lowest BCUT2D eigenvalue weighted by Gasteiger charge is -2.21. The summed E-state index contributed by atoms with van der Waals surface area (Å²) in [5.74, 6) is -0.269. The summed E-state index contributed by atoms with van der Waals surface area (Å²) in [6.07, 6.45) is 5.11. The van der Waals surface area contributed by atoms with Gasteiger partial charge < -0.3 is 0 Å². The molecule has 0 atom stereocenters. The number of hydrogen-bond acceptors (Lipinski definition) is 5. The Labute approximate surface area is 270 Å². The van der Waals surface area contributed by atoms with Crippen LogP contribution in [0.2, 0.25) is 0 Å². The highest BCUT2D eigenvalue weighted by molar-refractivity contribution is 7.89. The van der Waals surface area contributed by atoms with Crippen LogP contribution >= 0.6 is 0 Å². The third-order valence-electron chi connectivity index (χ3n) is 7.68. The average Bonchev–Trinajstić information content (AvgIpc) is 3.67. The van der Waals surface area contributed by atoms with E-state index < -0.39 is 10.0 Å². The molecule has 0 bridgehead atoms. The van der Waals surface area contributed by atoms with Crippen LogP contribution in [0.15, 0.2) is 137 Å². The Hall–Kier alpha value is -5.12. The van der Waals surface area contributed by atoms with Crippen molar-refractivity contribution in [3.8, 4) is 16.9 Å². The molecule has 46 heavy (non-hydrogen) atoms. The van der Waals surface area contributed by atoms with Crippen molar-refractivity contribution in [1.29, 1.82) is 0 Å². The predicted molar refractivity (Wildman–Crippen MR) is 183 cm³/mol. The molecule has 1 aliphatic rings. The number of carbonyl (C=O) groups is 1. The number of para-hydroxylation sites is 2. The lowest BCUT2D eigenvalue weighted by molar-refractivity contribution is -0.114. The smallest absolute Gasteiger partial charge is 0.267 e. The Kier molecular flexibility index (Phi) is 9.05. The molecule has 6 rings (SSSR count). The molecule has 0 saturated carbocycles. The van der Waals surface area contributed by atoms with Crippen molar-refractivity contribution in [3.05, 3.63) is 138 Å². The highest BCUT2D eigenvalue weighted by atomic mass is 32.2. The molecule has 5 aromatic rings. The van der Waals surface area contributed by atoms with Gasteiger partial charge in [0.1, 0.15) is 11.4 Å². The molecular weight excluding hydrogens is 595 g/mol. The van der Waals surface area contributed by atoms with E-state index >= 15 is 0 Å². The largest absolute Gasteiger partial charge is 0.281 e. The van der Waals surface area contributed by atoms with Gasteiger partial charge in [-0.15, -0.1) is 0 Å². The molecule has 0 radical (unpaired) electrons. The number of nitrogens with zero attached hydrogens (tertiary/aromatic N) is 5. The molecular formula is C37H35N5O3S. The van der Waals surface area contributed by atoms with E-state index in [-0.39, 0.29) is 10.8 Å². The molecule has 0 saturated heterocycles. The molecule has 1 amide bonds. The first-order valence-electron chi connectivity index (χ1n) is 15.4. The maximum absolute atomic E-state index is 14.0. The zero-order chi connectivity index (χ0) is 32.1. The molecule has 8 nitrogen and oxygen atoms in total. The Morgan fingerprint density at radius 2 is 1.33 bits per heavy atom. The van der Waals surface area contributed by atoms with Gasteiger partial charge in [0.15, 0.2) is 0 Å². The number of benzene rings is 4. The lowest BCUT2D eigenvalue weighted by atomic mass is 9.99. The number of sulfonamides is 1. The normalized spacial score (nSPS) is 14.3. The zero-order valence-corrected chi connectivity index (χ0v) is 26.6. The van der Waals surface area contributed by atoms with Gasteiger partial charge in [-0.25, -0.2) is 13.1 Å². The summed E-state index contributed by atoms with van der Waals surface area (Å²) >= 11 is 0. The number of aromatic nitrogens is 2. The third-order valence-corrected chi connectivity index (χ3v) is 9.57. The van der Waals surface area contributed by atoms with E-state index in [0.29, 0.717) is 46.9 Å². The summed E-state index contributed by atoms with van der Waals surface area (Å²) in [4.78, 5) is 14.2.